The number of nitrogens with zero attached hydrogens (tertiary/aromatic N) is 2. The molecule has 1 aromatic rings. The molecule has 0 saturated heterocycles. The lowest BCUT2D eigenvalue weighted by Gasteiger charge is -2.32. The molecule has 0 atom stereocenters. The first kappa shape index (κ1) is 11.1. The molecular weight excluding hydrogens is 206 g/mol. The predicted octanol–water partition coefficient (Wildman–Crippen LogP) is 1.57. The van der Waals surface area contributed by atoms with Crippen molar-refractivity contribution in [1.82, 2.24) is 15.2 Å². The van der Waals surface area contributed by atoms with E-state index in [1.807, 2.05) is 6.92 Å². The lowest BCUT2D eigenvalue weighted by Crippen LogP contribution is -2.40. The maximum Gasteiger partial charge on any atom is 0.319 e. The zero-order valence-electron chi connectivity index (χ0n) is 9.53. The minimum Gasteiger partial charge on any atom is -0.465 e. The van der Waals surface area contributed by atoms with E-state index in [-0.39, 0.29) is 5.97 Å². The fourth-order valence-electron chi connectivity index (χ4n) is 2.40. The minimum atomic E-state index is -0.579. The topological polar surface area (TPSA) is 67.9 Å². The second-order valence-electron chi connectivity index (χ2n) is 4.20. The molecule has 0 aromatic carbocycles. The molecule has 0 spiro atoms. The van der Waals surface area contributed by atoms with E-state index in [0.29, 0.717) is 12.4 Å². The smallest absolute Gasteiger partial charge is 0.319 e. The maximum absolute atomic E-state index is 12.1. The monoisotopic (exact) mass is 223 g/mol. The summed E-state index contributed by atoms with van der Waals surface area (Å²) in [5.41, 5.74) is -0.579. The Morgan fingerprint density at radius 1 is 1.50 bits per heavy atom. The first-order valence-electron chi connectivity index (χ1n) is 5.82. The summed E-state index contributed by atoms with van der Waals surface area (Å²) in [6.45, 7) is 2.24. The third-order valence-electron chi connectivity index (χ3n) is 3.24. The van der Waals surface area contributed by atoms with Crippen molar-refractivity contribution in [2.45, 2.75) is 44.4 Å². The van der Waals surface area contributed by atoms with E-state index in [0.717, 1.165) is 25.7 Å². The highest BCUT2D eigenvalue weighted by Gasteiger charge is 2.45. The Hall–Kier alpha value is -1.39. The number of aromatic amines is 1. The molecule has 88 valence electrons. The van der Waals surface area contributed by atoms with Crippen LogP contribution in [0.3, 0.4) is 0 Å². The van der Waals surface area contributed by atoms with E-state index in [4.69, 9.17) is 4.74 Å². The molecule has 1 aliphatic rings. The highest BCUT2D eigenvalue weighted by molar-refractivity contribution is 5.82. The summed E-state index contributed by atoms with van der Waals surface area (Å²) >= 11 is 0. The average molecular weight is 223 g/mol. The van der Waals surface area contributed by atoms with Gasteiger partial charge in [0.25, 0.3) is 0 Å². The summed E-state index contributed by atoms with van der Waals surface area (Å²) in [5.74, 6) is 0.497. The summed E-state index contributed by atoms with van der Waals surface area (Å²) in [6, 6.07) is 0. The molecule has 5 nitrogen and oxygen atoms in total. The summed E-state index contributed by atoms with van der Waals surface area (Å²) < 4.78 is 5.18. The lowest BCUT2D eigenvalue weighted by molar-refractivity contribution is -0.152. The van der Waals surface area contributed by atoms with Crippen molar-refractivity contribution in [3.63, 3.8) is 0 Å². The van der Waals surface area contributed by atoms with Crippen LogP contribution in [0.1, 0.15) is 44.9 Å². The van der Waals surface area contributed by atoms with Gasteiger partial charge in [0.2, 0.25) is 0 Å². The van der Waals surface area contributed by atoms with Gasteiger partial charge in [0, 0.05) is 0 Å². The Morgan fingerprint density at radius 2 is 2.25 bits per heavy atom. The number of esters is 1. The van der Waals surface area contributed by atoms with Gasteiger partial charge in [-0.3, -0.25) is 9.89 Å². The van der Waals surface area contributed by atoms with Crippen molar-refractivity contribution < 1.29 is 9.53 Å². The normalized spacial score (nSPS) is 19.3. The fourth-order valence-corrected chi connectivity index (χ4v) is 2.40. The summed E-state index contributed by atoms with van der Waals surface area (Å²) in [6.07, 6.45) is 6.32. The van der Waals surface area contributed by atoms with Gasteiger partial charge in [-0.15, -0.1) is 0 Å². The standard InChI is InChI=1S/C11H17N3O2/c1-2-16-10(15)11(6-4-3-5-7-11)9-12-8-13-14-9/h8H,2-7H2,1H3,(H,12,13,14). The number of nitrogens with one attached hydrogen (secondary N) is 1. The highest BCUT2D eigenvalue weighted by Crippen LogP contribution is 2.38. The van der Waals surface area contributed by atoms with Crippen LogP contribution < -0.4 is 0 Å². The quantitative estimate of drug-likeness (QED) is 0.790. The Morgan fingerprint density at radius 3 is 2.81 bits per heavy atom. The number of hydrogen-bond acceptors (Lipinski definition) is 4. The SMILES string of the molecule is CCOC(=O)C1(c2ncn[nH]2)CCCCC1. The van der Waals surface area contributed by atoms with Crippen molar-refractivity contribution in [2.75, 3.05) is 6.61 Å². The van der Waals surface area contributed by atoms with Crippen LogP contribution in [0.4, 0.5) is 0 Å². The molecule has 5 heteroatoms. The van der Waals surface area contributed by atoms with E-state index < -0.39 is 5.41 Å². The molecule has 1 N–H and O–H groups in total. The average Bonchev–Trinajstić information content (AvgIpc) is 2.84. The summed E-state index contributed by atoms with van der Waals surface area (Å²) in [5, 5.41) is 6.67. The van der Waals surface area contributed by atoms with Crippen LogP contribution in [0, 0.1) is 0 Å². The zero-order valence-corrected chi connectivity index (χ0v) is 9.53. The number of aromatic nitrogens is 3. The third kappa shape index (κ3) is 1.81. The lowest BCUT2D eigenvalue weighted by atomic mass is 9.73. The molecule has 1 saturated carbocycles. The van der Waals surface area contributed by atoms with Crippen LogP contribution in [0.5, 0.6) is 0 Å². The van der Waals surface area contributed by atoms with Crippen molar-refractivity contribution in [3.8, 4) is 0 Å². The molecule has 1 aliphatic carbocycles. The van der Waals surface area contributed by atoms with Crippen LogP contribution in [0.2, 0.25) is 0 Å². The van der Waals surface area contributed by atoms with E-state index in [2.05, 4.69) is 15.2 Å². The van der Waals surface area contributed by atoms with Gasteiger partial charge >= 0.3 is 5.97 Å². The van der Waals surface area contributed by atoms with Crippen LogP contribution in [-0.2, 0) is 14.9 Å². The van der Waals surface area contributed by atoms with E-state index in [1.165, 1.54) is 12.7 Å². The van der Waals surface area contributed by atoms with Crippen molar-refractivity contribution in [3.05, 3.63) is 12.2 Å². The van der Waals surface area contributed by atoms with E-state index in [9.17, 15) is 4.79 Å². The summed E-state index contributed by atoms with van der Waals surface area (Å²) in [4.78, 5) is 16.3. The van der Waals surface area contributed by atoms with Gasteiger partial charge in [-0.1, -0.05) is 19.3 Å². The molecule has 1 aromatic heterocycles. The van der Waals surface area contributed by atoms with Crippen LogP contribution in [0.25, 0.3) is 0 Å². The maximum atomic E-state index is 12.1. The van der Waals surface area contributed by atoms with Gasteiger partial charge in [0.05, 0.1) is 6.61 Å². The number of rotatable bonds is 3. The van der Waals surface area contributed by atoms with Crippen LogP contribution in [0.15, 0.2) is 6.33 Å². The second-order valence-corrected chi connectivity index (χ2v) is 4.20. The fraction of sp³-hybridized carbons (Fsp3) is 0.727. The number of carbonyl (C=O) groups excluding carboxylic acids is 1. The van der Waals surface area contributed by atoms with Crippen LogP contribution >= 0.6 is 0 Å². The first-order chi connectivity index (χ1) is 7.79. The van der Waals surface area contributed by atoms with E-state index in [1.54, 1.807) is 0 Å². The molecule has 2 rings (SSSR count). The Labute approximate surface area is 94.6 Å². The van der Waals surface area contributed by atoms with Crippen molar-refractivity contribution in [2.24, 2.45) is 0 Å². The summed E-state index contributed by atoms with van der Waals surface area (Å²) in [7, 11) is 0. The predicted molar refractivity (Wildman–Crippen MR) is 57.8 cm³/mol. The molecule has 0 unspecified atom stereocenters. The highest BCUT2D eigenvalue weighted by atomic mass is 16.5. The molecule has 16 heavy (non-hydrogen) atoms. The molecule has 0 radical (unpaired) electrons. The van der Waals surface area contributed by atoms with Gasteiger partial charge in [0.15, 0.2) is 0 Å². The van der Waals surface area contributed by atoms with Gasteiger partial charge in [-0.05, 0) is 19.8 Å². The number of carbonyl (C=O) groups is 1. The molecule has 1 heterocycles. The van der Waals surface area contributed by atoms with Crippen molar-refractivity contribution >= 4 is 5.97 Å². The van der Waals surface area contributed by atoms with Gasteiger partial charge in [0.1, 0.15) is 17.6 Å². The van der Waals surface area contributed by atoms with Gasteiger partial charge < -0.3 is 4.74 Å². The van der Waals surface area contributed by atoms with Crippen LogP contribution in [-0.4, -0.2) is 27.8 Å². The number of ether oxygens (including phenoxy) is 1. The number of H-pyrrole nitrogens is 1. The van der Waals surface area contributed by atoms with Gasteiger partial charge in [-0.25, -0.2) is 4.98 Å². The van der Waals surface area contributed by atoms with E-state index >= 15 is 0 Å². The molecule has 0 bridgehead atoms. The van der Waals surface area contributed by atoms with Gasteiger partial charge in [-0.2, -0.15) is 5.10 Å². The Bertz CT molecular complexity index is 342. The van der Waals surface area contributed by atoms with Crippen molar-refractivity contribution in [1.29, 1.82) is 0 Å². The largest absolute Gasteiger partial charge is 0.465 e. The second kappa shape index (κ2) is 4.63. The Kier molecular flexibility index (Phi) is 3.22. The zero-order chi connectivity index (χ0) is 11.4. The third-order valence-corrected chi connectivity index (χ3v) is 3.24. The first-order valence-corrected chi connectivity index (χ1v) is 5.82. The Balaban J connectivity index is 2.28. The molecule has 0 amide bonds. The molecule has 0 aliphatic heterocycles. The number of hydrogen-bond donors (Lipinski definition) is 1. The molecular formula is C11H17N3O2. The minimum absolute atomic E-state index is 0.161. The molecule has 1 fully saturated rings.